The molecule has 0 bridgehead atoms. The van der Waals surface area contributed by atoms with Gasteiger partial charge in [-0.1, -0.05) is 47.6 Å². The van der Waals surface area contributed by atoms with E-state index in [1.165, 1.54) is 26.6 Å². The van der Waals surface area contributed by atoms with E-state index in [0.29, 0.717) is 10.8 Å². The highest BCUT2D eigenvalue weighted by Gasteiger charge is 2.48. The zero-order valence-corrected chi connectivity index (χ0v) is 22.1. The lowest BCUT2D eigenvalue weighted by atomic mass is 9.58. The molecule has 2 heterocycles. The molecule has 30 heavy (non-hydrogen) atoms. The van der Waals surface area contributed by atoms with Gasteiger partial charge in [-0.05, 0) is 44.4 Å². The van der Waals surface area contributed by atoms with Crippen LogP contribution in [0.2, 0.25) is 0 Å². The molecule has 0 spiro atoms. The van der Waals surface area contributed by atoms with Gasteiger partial charge in [-0.2, -0.15) is 0 Å². The third-order valence-electron chi connectivity index (χ3n) is 6.48. The molecular formula is C25H36O2S3. The SMILES string of the molecule is C/C=C(\SC(C)C)c1ccc(C(CC)(CC)C(C)(CC)c2cc(C(=O)OC)cs2)s1. The van der Waals surface area contributed by atoms with E-state index in [1.807, 2.05) is 28.5 Å². The fourth-order valence-corrected chi connectivity index (χ4v) is 8.25. The van der Waals surface area contributed by atoms with Gasteiger partial charge in [-0.25, -0.2) is 4.79 Å². The predicted octanol–water partition coefficient (Wildman–Crippen LogP) is 8.52. The van der Waals surface area contributed by atoms with Crippen LogP contribution in [-0.2, 0) is 15.6 Å². The van der Waals surface area contributed by atoms with E-state index >= 15 is 0 Å². The van der Waals surface area contributed by atoms with E-state index in [9.17, 15) is 4.79 Å². The lowest BCUT2D eigenvalue weighted by molar-refractivity contribution is 0.0601. The van der Waals surface area contributed by atoms with Gasteiger partial charge in [0, 0.05) is 41.0 Å². The summed E-state index contributed by atoms with van der Waals surface area (Å²) in [5.41, 5.74) is 0.621. The Morgan fingerprint density at radius 2 is 1.83 bits per heavy atom. The number of esters is 1. The van der Waals surface area contributed by atoms with Crippen LogP contribution in [-0.4, -0.2) is 18.3 Å². The Bertz CT molecular complexity index is 871. The van der Waals surface area contributed by atoms with Crippen molar-refractivity contribution in [1.29, 1.82) is 0 Å². The highest BCUT2D eigenvalue weighted by molar-refractivity contribution is 8.09. The Kier molecular flexibility index (Phi) is 8.84. The molecule has 166 valence electrons. The first kappa shape index (κ1) is 25.2. The number of thiophene rings is 2. The maximum Gasteiger partial charge on any atom is 0.338 e. The summed E-state index contributed by atoms with van der Waals surface area (Å²) in [4.78, 5) is 17.5. The number of ether oxygens (including phenoxy) is 1. The molecule has 1 unspecified atom stereocenters. The molecule has 0 aliphatic rings. The molecule has 0 N–H and O–H groups in total. The van der Waals surface area contributed by atoms with Gasteiger partial charge in [-0.3, -0.25) is 0 Å². The molecule has 0 aromatic carbocycles. The normalized spacial score (nSPS) is 14.8. The molecule has 2 rings (SSSR count). The van der Waals surface area contributed by atoms with Crippen LogP contribution >= 0.6 is 34.4 Å². The van der Waals surface area contributed by atoms with Gasteiger partial charge < -0.3 is 4.74 Å². The molecule has 0 amide bonds. The van der Waals surface area contributed by atoms with Crippen LogP contribution in [0.25, 0.3) is 4.91 Å². The number of hydrogen-bond donors (Lipinski definition) is 0. The molecule has 0 aliphatic heterocycles. The second-order valence-corrected chi connectivity index (χ2v) is 11.8. The highest BCUT2D eigenvalue weighted by atomic mass is 32.2. The van der Waals surface area contributed by atoms with Crippen molar-refractivity contribution in [3.63, 3.8) is 0 Å². The number of carbonyl (C=O) groups is 1. The Balaban J connectivity index is 2.57. The first-order valence-corrected chi connectivity index (χ1v) is 13.4. The molecule has 0 fully saturated rings. The van der Waals surface area contributed by atoms with E-state index in [0.717, 1.165) is 19.3 Å². The van der Waals surface area contributed by atoms with Gasteiger partial charge in [0.15, 0.2) is 0 Å². The molecule has 1 atom stereocenters. The number of thioether (sulfide) groups is 1. The smallest absolute Gasteiger partial charge is 0.338 e. The van der Waals surface area contributed by atoms with Crippen molar-refractivity contribution in [2.75, 3.05) is 7.11 Å². The summed E-state index contributed by atoms with van der Waals surface area (Å²) in [7, 11) is 1.45. The highest BCUT2D eigenvalue weighted by Crippen LogP contribution is 2.54. The van der Waals surface area contributed by atoms with Gasteiger partial charge in [0.1, 0.15) is 0 Å². The molecule has 2 aromatic rings. The van der Waals surface area contributed by atoms with Crippen LogP contribution in [0.15, 0.2) is 29.7 Å². The van der Waals surface area contributed by atoms with Gasteiger partial charge in [0.2, 0.25) is 0 Å². The van der Waals surface area contributed by atoms with E-state index in [4.69, 9.17) is 4.74 Å². The first-order chi connectivity index (χ1) is 14.2. The molecule has 0 saturated heterocycles. The largest absolute Gasteiger partial charge is 0.465 e. The lowest BCUT2D eigenvalue weighted by Crippen LogP contribution is -2.45. The third-order valence-corrected chi connectivity index (χ3v) is 10.3. The predicted molar refractivity (Wildman–Crippen MR) is 136 cm³/mol. The molecule has 2 nitrogen and oxygen atoms in total. The summed E-state index contributed by atoms with van der Waals surface area (Å²) in [6.45, 7) is 15.9. The summed E-state index contributed by atoms with van der Waals surface area (Å²) in [5, 5.41) is 2.51. The van der Waals surface area contributed by atoms with Crippen LogP contribution in [0.4, 0.5) is 0 Å². The number of hydrogen-bond acceptors (Lipinski definition) is 5. The fourth-order valence-electron chi connectivity index (χ4n) is 4.50. The zero-order valence-electron chi connectivity index (χ0n) is 19.6. The summed E-state index contributed by atoms with van der Waals surface area (Å²) < 4.78 is 4.95. The van der Waals surface area contributed by atoms with Crippen molar-refractivity contribution in [2.45, 2.75) is 83.8 Å². The minimum atomic E-state index is -0.253. The standard InChI is InChI=1S/C25H36O2S3/c1-9-19(29-17(5)6)20-13-14-21(30-20)25(11-3,12-4)24(7,10-2)22-15-18(16-28-22)23(26)27-8/h9,13-17H,10-12H2,1-8H3/b19-9-. The van der Waals surface area contributed by atoms with Crippen molar-refractivity contribution in [3.8, 4) is 0 Å². The number of rotatable bonds is 10. The number of allylic oxidation sites excluding steroid dienone is 1. The van der Waals surface area contributed by atoms with Gasteiger partial charge in [-0.15, -0.1) is 34.4 Å². The second kappa shape index (κ2) is 10.5. The molecule has 2 aromatic heterocycles. The first-order valence-electron chi connectivity index (χ1n) is 10.8. The van der Waals surface area contributed by atoms with Gasteiger partial charge >= 0.3 is 5.97 Å². The third kappa shape index (κ3) is 4.58. The lowest BCUT2D eigenvalue weighted by Gasteiger charge is -2.47. The van der Waals surface area contributed by atoms with Crippen LogP contribution in [0.3, 0.4) is 0 Å². The van der Waals surface area contributed by atoms with Gasteiger partial charge in [0.05, 0.1) is 12.7 Å². The van der Waals surface area contributed by atoms with Crippen LogP contribution in [0.1, 0.15) is 92.7 Å². The fraction of sp³-hybridized carbons (Fsp3) is 0.560. The molecular weight excluding hydrogens is 428 g/mol. The van der Waals surface area contributed by atoms with Gasteiger partial charge in [0.25, 0.3) is 0 Å². The van der Waals surface area contributed by atoms with E-state index in [-0.39, 0.29) is 16.8 Å². The Labute approximate surface area is 195 Å². The van der Waals surface area contributed by atoms with Crippen molar-refractivity contribution < 1.29 is 9.53 Å². The minimum Gasteiger partial charge on any atom is -0.465 e. The molecule has 0 saturated carbocycles. The van der Waals surface area contributed by atoms with E-state index < -0.39 is 0 Å². The average Bonchev–Trinajstić information content (AvgIpc) is 3.43. The zero-order chi connectivity index (χ0) is 22.5. The minimum absolute atomic E-state index is 0.0181. The maximum atomic E-state index is 12.1. The van der Waals surface area contributed by atoms with Crippen LogP contribution < -0.4 is 0 Å². The van der Waals surface area contributed by atoms with Crippen molar-refractivity contribution in [1.82, 2.24) is 0 Å². The van der Waals surface area contributed by atoms with Crippen LogP contribution in [0.5, 0.6) is 0 Å². The topological polar surface area (TPSA) is 26.3 Å². The number of carbonyl (C=O) groups excluding carboxylic acids is 1. The molecule has 5 heteroatoms. The number of methoxy groups -OCH3 is 1. The molecule has 0 radical (unpaired) electrons. The summed E-state index contributed by atoms with van der Waals surface area (Å²) >= 11 is 5.57. The maximum absolute atomic E-state index is 12.1. The quantitative estimate of drug-likeness (QED) is 0.330. The Morgan fingerprint density at radius 1 is 1.17 bits per heavy atom. The Morgan fingerprint density at radius 3 is 2.33 bits per heavy atom. The molecule has 0 aliphatic carbocycles. The monoisotopic (exact) mass is 464 g/mol. The van der Waals surface area contributed by atoms with Crippen molar-refractivity contribution >= 4 is 45.3 Å². The summed E-state index contributed by atoms with van der Waals surface area (Å²) in [6.07, 6.45) is 5.37. The van der Waals surface area contributed by atoms with E-state index in [2.05, 4.69) is 72.7 Å². The summed E-state index contributed by atoms with van der Waals surface area (Å²) in [6, 6.07) is 6.70. The second-order valence-electron chi connectivity index (χ2n) is 8.15. The summed E-state index contributed by atoms with van der Waals surface area (Å²) in [5.74, 6) is -0.253. The van der Waals surface area contributed by atoms with Crippen molar-refractivity contribution in [3.05, 3.63) is 49.9 Å². The van der Waals surface area contributed by atoms with Crippen molar-refractivity contribution in [2.24, 2.45) is 0 Å². The average molecular weight is 465 g/mol. The van der Waals surface area contributed by atoms with Crippen LogP contribution in [0, 0.1) is 0 Å². The Hall–Kier alpha value is -1.04. The van der Waals surface area contributed by atoms with E-state index in [1.54, 1.807) is 11.3 Å².